The van der Waals surface area contributed by atoms with Gasteiger partial charge in [-0.2, -0.15) is 13.2 Å². The lowest BCUT2D eigenvalue weighted by atomic mass is 10.1. The molecule has 9 heteroatoms. The summed E-state index contributed by atoms with van der Waals surface area (Å²) in [5.74, 6) is 0.949. The maximum atomic E-state index is 12.9. The van der Waals surface area contributed by atoms with Crippen LogP contribution >= 0.6 is 0 Å². The lowest BCUT2D eigenvalue weighted by Crippen LogP contribution is -2.34. The summed E-state index contributed by atoms with van der Waals surface area (Å²) in [7, 11) is 0. The van der Waals surface area contributed by atoms with Gasteiger partial charge in [-0.25, -0.2) is 9.78 Å². The van der Waals surface area contributed by atoms with E-state index in [0.717, 1.165) is 11.6 Å². The van der Waals surface area contributed by atoms with E-state index in [9.17, 15) is 18.0 Å². The Hall–Kier alpha value is -2.97. The molecule has 1 aliphatic heterocycles. The molecule has 32 heavy (non-hydrogen) atoms. The number of nitrogens with zero attached hydrogens (tertiary/aromatic N) is 2. The van der Waals surface area contributed by atoms with Gasteiger partial charge >= 0.3 is 12.3 Å². The van der Waals surface area contributed by atoms with Crippen molar-refractivity contribution in [2.24, 2.45) is 0 Å². The van der Waals surface area contributed by atoms with Crippen molar-refractivity contribution in [3.8, 4) is 5.75 Å². The summed E-state index contributed by atoms with van der Waals surface area (Å²) >= 11 is 0. The van der Waals surface area contributed by atoms with Crippen LogP contribution in [0.1, 0.15) is 51.4 Å². The number of rotatable bonds is 5. The number of hydrogen-bond acceptors (Lipinski definition) is 5. The Labute approximate surface area is 185 Å². The molecule has 2 aromatic rings. The number of hydrogen-bond donors (Lipinski definition) is 1. The van der Waals surface area contributed by atoms with Gasteiger partial charge in [-0.05, 0) is 57.5 Å². The molecule has 2 atom stereocenters. The van der Waals surface area contributed by atoms with Crippen LogP contribution < -0.4 is 15.0 Å². The number of carbonyl (C=O) groups is 1. The SMILES string of the molecule is C[C@H](NC(=O)OC(C)(C)C)c1ccc(O[C@@H]2CCN(c3cccc(C(F)(F)F)n3)C2)cc1. The molecule has 0 radical (unpaired) electrons. The molecule has 0 unspecified atom stereocenters. The topological polar surface area (TPSA) is 63.7 Å². The minimum Gasteiger partial charge on any atom is -0.489 e. The van der Waals surface area contributed by atoms with Crippen LogP contribution in [0.5, 0.6) is 5.75 Å². The summed E-state index contributed by atoms with van der Waals surface area (Å²) in [6, 6.07) is 11.0. The van der Waals surface area contributed by atoms with Crippen molar-refractivity contribution in [3.63, 3.8) is 0 Å². The van der Waals surface area contributed by atoms with Crippen molar-refractivity contribution in [3.05, 3.63) is 53.7 Å². The van der Waals surface area contributed by atoms with E-state index in [1.54, 1.807) is 31.7 Å². The summed E-state index contributed by atoms with van der Waals surface area (Å²) in [6.07, 6.45) is -4.44. The number of anilines is 1. The van der Waals surface area contributed by atoms with Gasteiger partial charge in [0.25, 0.3) is 0 Å². The van der Waals surface area contributed by atoms with E-state index in [1.807, 2.05) is 31.2 Å². The fraction of sp³-hybridized carbons (Fsp3) is 0.478. The molecule has 1 aliphatic rings. The van der Waals surface area contributed by atoms with Crippen molar-refractivity contribution in [1.82, 2.24) is 10.3 Å². The third kappa shape index (κ3) is 6.51. The van der Waals surface area contributed by atoms with Crippen LogP contribution in [-0.2, 0) is 10.9 Å². The van der Waals surface area contributed by atoms with Gasteiger partial charge in [-0.1, -0.05) is 18.2 Å². The Bertz CT molecular complexity index is 927. The molecular weight excluding hydrogens is 423 g/mol. The first-order valence-corrected chi connectivity index (χ1v) is 10.5. The van der Waals surface area contributed by atoms with Gasteiger partial charge < -0.3 is 19.7 Å². The Morgan fingerprint density at radius 1 is 1.16 bits per heavy atom. The first kappa shape index (κ1) is 23.7. The van der Waals surface area contributed by atoms with Gasteiger partial charge in [0.2, 0.25) is 0 Å². The fourth-order valence-corrected chi connectivity index (χ4v) is 3.38. The number of alkyl halides is 3. The fourth-order valence-electron chi connectivity index (χ4n) is 3.38. The molecule has 1 aromatic carbocycles. The van der Waals surface area contributed by atoms with E-state index in [-0.39, 0.29) is 12.1 Å². The quantitative estimate of drug-likeness (QED) is 0.665. The van der Waals surface area contributed by atoms with Crippen LogP contribution in [0.2, 0.25) is 0 Å². The highest BCUT2D eigenvalue weighted by Gasteiger charge is 2.33. The molecule has 0 spiro atoms. The Balaban J connectivity index is 1.55. The molecule has 1 aromatic heterocycles. The van der Waals surface area contributed by atoms with E-state index in [0.29, 0.717) is 31.1 Å². The molecule has 0 aliphatic carbocycles. The van der Waals surface area contributed by atoms with Crippen molar-refractivity contribution in [2.45, 2.75) is 58.0 Å². The second kappa shape index (κ2) is 9.26. The number of pyridine rings is 1. The maximum absolute atomic E-state index is 12.9. The lowest BCUT2D eigenvalue weighted by molar-refractivity contribution is -0.141. The average molecular weight is 451 g/mol. The molecule has 174 valence electrons. The summed E-state index contributed by atoms with van der Waals surface area (Å²) in [4.78, 5) is 17.5. The minimum absolute atomic E-state index is 0.158. The van der Waals surface area contributed by atoms with Gasteiger partial charge in [-0.3, -0.25) is 0 Å². The predicted molar refractivity (Wildman–Crippen MR) is 115 cm³/mol. The van der Waals surface area contributed by atoms with Crippen LogP contribution in [0.15, 0.2) is 42.5 Å². The summed E-state index contributed by atoms with van der Waals surface area (Å²) in [6.45, 7) is 8.28. The minimum atomic E-state index is -4.47. The van der Waals surface area contributed by atoms with Crippen LogP contribution in [0.25, 0.3) is 0 Å². The Morgan fingerprint density at radius 3 is 2.47 bits per heavy atom. The van der Waals surface area contributed by atoms with Crippen molar-refractivity contribution < 1.29 is 27.4 Å². The highest BCUT2D eigenvalue weighted by atomic mass is 19.4. The molecule has 6 nitrogen and oxygen atoms in total. The van der Waals surface area contributed by atoms with Crippen LogP contribution in [0, 0.1) is 0 Å². The lowest BCUT2D eigenvalue weighted by Gasteiger charge is -2.22. The van der Waals surface area contributed by atoms with Crippen molar-refractivity contribution >= 4 is 11.9 Å². The highest BCUT2D eigenvalue weighted by molar-refractivity contribution is 5.68. The second-order valence-corrected chi connectivity index (χ2v) is 8.79. The molecular formula is C23H28F3N3O3. The molecule has 1 fully saturated rings. The first-order chi connectivity index (χ1) is 14.9. The number of benzene rings is 1. The van der Waals surface area contributed by atoms with Gasteiger partial charge in [0.1, 0.15) is 29.0 Å². The highest BCUT2D eigenvalue weighted by Crippen LogP contribution is 2.30. The summed E-state index contributed by atoms with van der Waals surface area (Å²) in [5.41, 5.74) is -0.575. The largest absolute Gasteiger partial charge is 0.489 e. The van der Waals surface area contributed by atoms with Gasteiger partial charge in [0.05, 0.1) is 12.6 Å². The number of amides is 1. The standard InChI is InChI=1S/C23H28F3N3O3/c1-15(27-21(30)32-22(2,3)4)16-8-10-17(11-9-16)31-18-12-13-29(14-18)20-7-5-6-19(28-20)23(24,25)26/h5-11,15,18H,12-14H2,1-4H3,(H,27,30)/t15-,18+/m0/s1. The smallest absolute Gasteiger partial charge is 0.433 e. The number of alkyl carbamates (subject to hydrolysis) is 1. The van der Waals surface area contributed by atoms with Crippen LogP contribution in [-0.4, -0.2) is 35.9 Å². The zero-order valence-corrected chi connectivity index (χ0v) is 18.6. The number of carbonyl (C=O) groups excluding carboxylic acids is 1. The second-order valence-electron chi connectivity index (χ2n) is 8.79. The molecule has 3 rings (SSSR count). The van der Waals surface area contributed by atoms with Crippen molar-refractivity contribution in [1.29, 1.82) is 0 Å². The van der Waals surface area contributed by atoms with Gasteiger partial charge in [0, 0.05) is 13.0 Å². The maximum Gasteiger partial charge on any atom is 0.433 e. The molecule has 1 saturated heterocycles. The zero-order valence-electron chi connectivity index (χ0n) is 18.6. The molecule has 0 bridgehead atoms. The first-order valence-electron chi connectivity index (χ1n) is 10.5. The third-order valence-corrected chi connectivity index (χ3v) is 4.91. The monoisotopic (exact) mass is 451 g/mol. The average Bonchev–Trinajstić information content (AvgIpc) is 3.15. The van der Waals surface area contributed by atoms with Crippen LogP contribution in [0.4, 0.5) is 23.8 Å². The molecule has 1 N–H and O–H groups in total. The zero-order chi connectivity index (χ0) is 23.5. The Kier molecular flexibility index (Phi) is 6.85. The van der Waals surface area contributed by atoms with E-state index in [4.69, 9.17) is 9.47 Å². The normalized spacial score (nSPS) is 17.7. The van der Waals surface area contributed by atoms with E-state index in [2.05, 4.69) is 10.3 Å². The molecule has 1 amide bonds. The van der Waals surface area contributed by atoms with E-state index >= 15 is 0 Å². The van der Waals surface area contributed by atoms with Gasteiger partial charge in [0.15, 0.2) is 0 Å². The number of ether oxygens (including phenoxy) is 2. The summed E-state index contributed by atoms with van der Waals surface area (Å²) in [5, 5.41) is 2.79. The Morgan fingerprint density at radius 2 is 1.84 bits per heavy atom. The molecule has 0 saturated carbocycles. The summed E-state index contributed by atoms with van der Waals surface area (Å²) < 4.78 is 50.0. The van der Waals surface area contributed by atoms with E-state index < -0.39 is 23.6 Å². The van der Waals surface area contributed by atoms with Crippen molar-refractivity contribution in [2.75, 3.05) is 18.0 Å². The van der Waals surface area contributed by atoms with Gasteiger partial charge in [-0.15, -0.1) is 0 Å². The van der Waals surface area contributed by atoms with Crippen LogP contribution in [0.3, 0.4) is 0 Å². The number of halogens is 3. The molecule has 2 heterocycles. The number of nitrogens with one attached hydrogen (secondary N) is 1. The van der Waals surface area contributed by atoms with E-state index in [1.165, 1.54) is 6.07 Å². The third-order valence-electron chi connectivity index (χ3n) is 4.91. The predicted octanol–water partition coefficient (Wildman–Crippen LogP) is 5.34. The number of aromatic nitrogens is 1.